The van der Waals surface area contributed by atoms with Gasteiger partial charge < -0.3 is 21.5 Å². The molecule has 1 fully saturated rings. The van der Waals surface area contributed by atoms with Gasteiger partial charge >= 0.3 is 0 Å². The van der Waals surface area contributed by atoms with Gasteiger partial charge in [0.15, 0.2) is 0 Å². The fraction of sp³-hybridized carbons (Fsp3) is 0.333. The number of hydrogen-bond donors (Lipinski definition) is 4. The predicted molar refractivity (Wildman–Crippen MR) is 127 cm³/mol. The highest BCUT2D eigenvalue weighted by molar-refractivity contribution is 7.20. The van der Waals surface area contributed by atoms with E-state index in [2.05, 4.69) is 15.6 Å². The van der Waals surface area contributed by atoms with Crippen LogP contribution in [-0.2, 0) is 5.60 Å². The number of nitrogens with one attached hydrogen (secondary N) is 2. The second kappa shape index (κ2) is 8.72. The number of amides is 1. The minimum Gasteiger partial charge on any atom is -0.386 e. The predicted octanol–water partition coefficient (Wildman–Crippen LogP) is 5.29. The van der Waals surface area contributed by atoms with Crippen LogP contribution < -0.4 is 16.4 Å². The van der Waals surface area contributed by atoms with Crippen LogP contribution in [0.1, 0.15) is 48.3 Å². The first-order valence-electron chi connectivity index (χ1n) is 10.7. The van der Waals surface area contributed by atoms with Crippen LogP contribution in [0, 0.1) is 24.5 Å². The van der Waals surface area contributed by atoms with Crippen LogP contribution in [0.5, 0.6) is 0 Å². The van der Waals surface area contributed by atoms with Gasteiger partial charge in [0.05, 0.1) is 28.1 Å². The molecular formula is C24H26F2N4O2S. The highest BCUT2D eigenvalue weighted by Crippen LogP contribution is 2.40. The quantitative estimate of drug-likeness (QED) is 0.357. The number of aryl methyl sites for hydroxylation is 1. The van der Waals surface area contributed by atoms with Crippen molar-refractivity contribution in [1.82, 2.24) is 4.98 Å². The van der Waals surface area contributed by atoms with Crippen LogP contribution in [-0.4, -0.2) is 22.5 Å². The van der Waals surface area contributed by atoms with E-state index in [1.54, 1.807) is 6.07 Å². The number of thiophene rings is 1. The number of carbonyl (C=O) groups is 1. The Morgan fingerprint density at radius 2 is 1.91 bits per heavy atom. The number of nitrogens with zero attached hydrogens (tertiary/aromatic N) is 1. The summed E-state index contributed by atoms with van der Waals surface area (Å²) in [6.45, 7) is 5.69. The molecule has 0 bridgehead atoms. The lowest BCUT2D eigenvalue weighted by molar-refractivity contribution is 0.0778. The topological polar surface area (TPSA) is 100 Å². The number of halogens is 2. The van der Waals surface area contributed by atoms with Crippen molar-refractivity contribution in [2.24, 2.45) is 11.7 Å². The van der Waals surface area contributed by atoms with Crippen LogP contribution >= 0.6 is 11.3 Å². The van der Waals surface area contributed by atoms with E-state index in [0.29, 0.717) is 10.8 Å². The Labute approximate surface area is 194 Å². The number of aliphatic hydroxyl groups is 1. The summed E-state index contributed by atoms with van der Waals surface area (Å²) < 4.78 is 29.7. The molecular weight excluding hydrogens is 446 g/mol. The Bertz CT molecular complexity index is 1190. The third-order valence-electron chi connectivity index (χ3n) is 5.60. The van der Waals surface area contributed by atoms with E-state index in [-0.39, 0.29) is 21.6 Å². The fourth-order valence-corrected chi connectivity index (χ4v) is 4.58. The van der Waals surface area contributed by atoms with Crippen molar-refractivity contribution in [1.29, 1.82) is 0 Å². The smallest absolute Gasteiger partial charge is 0.251 e. The molecule has 2 aromatic heterocycles. The van der Waals surface area contributed by atoms with E-state index >= 15 is 0 Å². The Hall–Kier alpha value is -3.04. The van der Waals surface area contributed by atoms with E-state index < -0.39 is 23.1 Å². The molecule has 5 N–H and O–H groups in total. The van der Waals surface area contributed by atoms with Crippen LogP contribution in [0.15, 0.2) is 30.3 Å². The van der Waals surface area contributed by atoms with Crippen molar-refractivity contribution in [3.05, 3.63) is 58.8 Å². The van der Waals surface area contributed by atoms with Gasteiger partial charge in [-0.05, 0) is 75.4 Å². The first-order valence-corrected chi connectivity index (χ1v) is 11.5. The normalized spacial score (nSPS) is 13.8. The molecule has 6 nitrogen and oxygen atoms in total. The van der Waals surface area contributed by atoms with E-state index in [1.165, 1.54) is 32.8 Å². The Balaban J connectivity index is 1.64. The van der Waals surface area contributed by atoms with Gasteiger partial charge in [-0.2, -0.15) is 0 Å². The van der Waals surface area contributed by atoms with Crippen molar-refractivity contribution in [3.63, 3.8) is 0 Å². The average Bonchev–Trinajstić information content (AvgIpc) is 3.45. The third kappa shape index (κ3) is 5.15. The maximum atomic E-state index is 14.8. The fourth-order valence-electron chi connectivity index (χ4n) is 3.46. The SMILES string of the molecule is Cc1nc(Nc2sc(-c3c(F)cc(C(C)(C)O)cc3F)cc2C(N)=O)ccc1NCC1CC1. The van der Waals surface area contributed by atoms with Crippen LogP contribution in [0.3, 0.4) is 0 Å². The number of carbonyl (C=O) groups excluding carboxylic acids is 1. The molecule has 0 atom stereocenters. The molecule has 0 unspecified atom stereocenters. The number of pyridine rings is 1. The summed E-state index contributed by atoms with van der Waals surface area (Å²) in [5, 5.41) is 16.9. The van der Waals surface area contributed by atoms with Crippen LogP contribution in [0.4, 0.5) is 25.3 Å². The molecule has 1 amide bonds. The highest BCUT2D eigenvalue weighted by atomic mass is 32.1. The first-order chi connectivity index (χ1) is 15.5. The third-order valence-corrected chi connectivity index (χ3v) is 6.67. The van der Waals surface area contributed by atoms with Crippen LogP contribution in [0.25, 0.3) is 10.4 Å². The van der Waals surface area contributed by atoms with Gasteiger partial charge in [-0.3, -0.25) is 4.79 Å². The number of nitrogens with two attached hydrogens (primary N) is 1. The zero-order valence-electron chi connectivity index (χ0n) is 18.6. The van der Waals surface area contributed by atoms with Crippen molar-refractivity contribution in [2.75, 3.05) is 17.2 Å². The Kier molecular flexibility index (Phi) is 6.11. The zero-order valence-corrected chi connectivity index (χ0v) is 19.4. The molecule has 1 aromatic carbocycles. The maximum Gasteiger partial charge on any atom is 0.251 e. The van der Waals surface area contributed by atoms with Gasteiger partial charge in [-0.1, -0.05) is 0 Å². The first kappa shape index (κ1) is 23.1. The second-order valence-electron chi connectivity index (χ2n) is 8.87. The molecule has 0 radical (unpaired) electrons. The summed E-state index contributed by atoms with van der Waals surface area (Å²) in [6, 6.07) is 7.21. The monoisotopic (exact) mass is 472 g/mol. The number of rotatable bonds is 8. The number of hydrogen-bond acceptors (Lipinski definition) is 6. The summed E-state index contributed by atoms with van der Waals surface area (Å²) in [7, 11) is 0. The zero-order chi connectivity index (χ0) is 23.9. The van der Waals surface area contributed by atoms with Crippen molar-refractivity contribution in [3.8, 4) is 10.4 Å². The molecule has 0 aliphatic heterocycles. The summed E-state index contributed by atoms with van der Waals surface area (Å²) >= 11 is 1.000. The van der Waals surface area contributed by atoms with Crippen LogP contribution in [0.2, 0.25) is 0 Å². The van der Waals surface area contributed by atoms with Crippen molar-refractivity contribution in [2.45, 2.75) is 39.2 Å². The Morgan fingerprint density at radius 3 is 2.45 bits per heavy atom. The molecule has 2 heterocycles. The molecule has 1 saturated carbocycles. The van der Waals surface area contributed by atoms with Gasteiger partial charge in [0.2, 0.25) is 0 Å². The van der Waals surface area contributed by atoms with Gasteiger partial charge in [0, 0.05) is 11.4 Å². The highest BCUT2D eigenvalue weighted by Gasteiger charge is 2.25. The molecule has 33 heavy (non-hydrogen) atoms. The summed E-state index contributed by atoms with van der Waals surface area (Å²) in [5.74, 6) is -1.19. The van der Waals surface area contributed by atoms with Crippen molar-refractivity contribution < 1.29 is 18.7 Å². The van der Waals surface area contributed by atoms with Gasteiger partial charge in [0.1, 0.15) is 22.5 Å². The number of primary amides is 1. The minimum absolute atomic E-state index is 0.107. The van der Waals surface area contributed by atoms with E-state index in [9.17, 15) is 18.7 Å². The molecule has 4 rings (SSSR count). The Morgan fingerprint density at radius 1 is 1.24 bits per heavy atom. The van der Waals surface area contributed by atoms with Gasteiger partial charge in [-0.25, -0.2) is 13.8 Å². The lowest BCUT2D eigenvalue weighted by atomic mass is 9.96. The van der Waals surface area contributed by atoms with Gasteiger partial charge in [-0.15, -0.1) is 11.3 Å². The molecule has 0 spiro atoms. The number of benzene rings is 1. The lowest BCUT2D eigenvalue weighted by Crippen LogP contribution is -2.16. The van der Waals surface area contributed by atoms with E-state index in [4.69, 9.17) is 5.73 Å². The summed E-state index contributed by atoms with van der Waals surface area (Å²) in [5.41, 5.74) is 5.78. The van der Waals surface area contributed by atoms with E-state index in [0.717, 1.165) is 47.3 Å². The maximum absolute atomic E-state index is 14.8. The minimum atomic E-state index is -1.40. The number of anilines is 3. The number of aromatic nitrogens is 1. The molecule has 174 valence electrons. The summed E-state index contributed by atoms with van der Waals surface area (Å²) in [4.78, 5) is 16.8. The molecule has 9 heteroatoms. The molecule has 1 aliphatic carbocycles. The summed E-state index contributed by atoms with van der Waals surface area (Å²) in [6.07, 6.45) is 2.49. The second-order valence-corrected chi connectivity index (χ2v) is 9.92. The standard InChI is InChI=1S/C24H26F2N4O2S/c1-12-18(28-11-13-4-5-13)6-7-20(29-12)30-23-15(22(27)31)10-19(33-23)21-16(25)8-14(9-17(21)26)24(2,3)32/h6-10,13,28,32H,4-5,11H2,1-3H3,(H2,27,31)(H,29,30). The largest absolute Gasteiger partial charge is 0.386 e. The van der Waals surface area contributed by atoms with Gasteiger partial charge in [0.25, 0.3) is 5.91 Å². The molecule has 1 aliphatic rings. The average molecular weight is 473 g/mol. The molecule has 0 saturated heterocycles. The lowest BCUT2D eigenvalue weighted by Gasteiger charge is -2.18. The van der Waals surface area contributed by atoms with E-state index in [1.807, 2.05) is 13.0 Å². The molecule has 3 aromatic rings. The van der Waals surface area contributed by atoms with Crippen molar-refractivity contribution >= 4 is 33.8 Å².